The Hall–Kier alpha value is -3.08. The fourth-order valence-electron chi connectivity index (χ4n) is 2.20. The molecule has 122 valence electrons. The molecule has 24 heavy (non-hydrogen) atoms. The van der Waals surface area contributed by atoms with Gasteiger partial charge in [0.25, 0.3) is 5.91 Å². The lowest BCUT2D eigenvalue weighted by Crippen LogP contribution is -2.21. The Bertz CT molecular complexity index is 808. The maximum absolute atomic E-state index is 11.8. The van der Waals surface area contributed by atoms with Crippen LogP contribution in [0.3, 0.4) is 0 Å². The van der Waals surface area contributed by atoms with E-state index in [1.807, 2.05) is 30.3 Å². The highest BCUT2D eigenvalue weighted by atomic mass is 16.5. The minimum atomic E-state index is -0.0365. The molecule has 3 rings (SSSR count). The van der Waals surface area contributed by atoms with Gasteiger partial charge in [-0.15, -0.1) is 0 Å². The molecular weight excluding hydrogens is 304 g/mol. The fourth-order valence-corrected chi connectivity index (χ4v) is 2.20. The third-order valence-electron chi connectivity index (χ3n) is 3.47. The number of carbonyl (C=O) groups excluding carboxylic acids is 1. The molecule has 1 amide bonds. The number of hydrogen-bond acceptors (Lipinski definition) is 4. The maximum atomic E-state index is 11.8. The molecule has 0 saturated carbocycles. The van der Waals surface area contributed by atoms with E-state index in [0.717, 1.165) is 5.56 Å². The predicted octanol–water partition coefficient (Wildman–Crippen LogP) is 3.62. The molecule has 0 unspecified atom stereocenters. The third kappa shape index (κ3) is 3.63. The summed E-state index contributed by atoms with van der Waals surface area (Å²) < 4.78 is 11.2. The van der Waals surface area contributed by atoms with Gasteiger partial charge in [0.05, 0.1) is 0 Å². The molecule has 1 aromatic heterocycles. The first-order valence-corrected chi connectivity index (χ1v) is 7.58. The van der Waals surface area contributed by atoms with Crippen molar-refractivity contribution in [3.63, 3.8) is 0 Å². The number of benzene rings is 2. The van der Waals surface area contributed by atoms with Gasteiger partial charge in [0.1, 0.15) is 24.3 Å². The third-order valence-corrected chi connectivity index (χ3v) is 3.47. The van der Waals surface area contributed by atoms with Crippen LogP contribution in [0.2, 0.25) is 0 Å². The van der Waals surface area contributed by atoms with Crippen LogP contribution in [0.4, 0.5) is 0 Å². The fraction of sp³-hybridized carbons (Fsp3) is 0.158. The second kappa shape index (κ2) is 7.00. The minimum Gasteiger partial charge on any atom is -0.487 e. The molecule has 5 heteroatoms. The van der Waals surface area contributed by atoms with E-state index in [4.69, 9.17) is 9.15 Å². The van der Waals surface area contributed by atoms with Crippen LogP contribution in [0.5, 0.6) is 5.75 Å². The van der Waals surface area contributed by atoms with E-state index in [1.54, 1.807) is 44.6 Å². The zero-order valence-electron chi connectivity index (χ0n) is 13.6. The Labute approximate surface area is 140 Å². The van der Waals surface area contributed by atoms with Crippen molar-refractivity contribution in [3.05, 3.63) is 72.1 Å². The molecule has 0 fully saturated rings. The summed E-state index contributed by atoms with van der Waals surface area (Å²) in [6.07, 6.45) is 1.59. The van der Waals surface area contributed by atoms with Crippen molar-refractivity contribution >= 4 is 5.91 Å². The second-order valence-corrected chi connectivity index (χ2v) is 5.52. The van der Waals surface area contributed by atoms with E-state index in [0.29, 0.717) is 29.5 Å². The van der Waals surface area contributed by atoms with Gasteiger partial charge in [0.2, 0.25) is 5.89 Å². The quantitative estimate of drug-likeness (QED) is 0.720. The van der Waals surface area contributed by atoms with E-state index in [1.165, 1.54) is 4.90 Å². The zero-order valence-corrected chi connectivity index (χ0v) is 13.6. The number of oxazole rings is 1. The first-order valence-electron chi connectivity index (χ1n) is 7.58. The standard InChI is InChI=1S/C19H18N2O3/c1-21(2)19(22)15-8-10-17(11-9-15)23-12-16-13-24-18(20-16)14-6-4-3-5-7-14/h3-11,13H,12H2,1-2H3. The van der Waals surface area contributed by atoms with Gasteiger partial charge in [-0.2, -0.15) is 0 Å². The molecule has 0 aliphatic rings. The minimum absolute atomic E-state index is 0.0365. The number of ether oxygens (including phenoxy) is 1. The molecule has 3 aromatic rings. The molecule has 0 aliphatic heterocycles. The smallest absolute Gasteiger partial charge is 0.253 e. The summed E-state index contributed by atoms with van der Waals surface area (Å²) in [6, 6.07) is 16.7. The van der Waals surface area contributed by atoms with Crippen LogP contribution in [0.25, 0.3) is 11.5 Å². The molecule has 1 heterocycles. The van der Waals surface area contributed by atoms with Gasteiger partial charge < -0.3 is 14.1 Å². The van der Waals surface area contributed by atoms with Crippen LogP contribution in [0.1, 0.15) is 16.1 Å². The van der Waals surface area contributed by atoms with E-state index < -0.39 is 0 Å². The number of hydrogen-bond donors (Lipinski definition) is 0. The first-order chi connectivity index (χ1) is 11.6. The van der Waals surface area contributed by atoms with Gasteiger partial charge in [-0.25, -0.2) is 4.98 Å². The summed E-state index contributed by atoms with van der Waals surface area (Å²) in [5, 5.41) is 0. The van der Waals surface area contributed by atoms with Crippen LogP contribution in [0.15, 0.2) is 65.3 Å². The van der Waals surface area contributed by atoms with Crippen molar-refractivity contribution in [1.82, 2.24) is 9.88 Å². The zero-order chi connectivity index (χ0) is 16.9. The monoisotopic (exact) mass is 322 g/mol. The number of aromatic nitrogens is 1. The number of rotatable bonds is 5. The van der Waals surface area contributed by atoms with Crippen molar-refractivity contribution in [3.8, 4) is 17.2 Å². The summed E-state index contributed by atoms with van der Waals surface area (Å²) in [4.78, 5) is 17.8. The molecule has 0 bridgehead atoms. The molecule has 5 nitrogen and oxygen atoms in total. The summed E-state index contributed by atoms with van der Waals surface area (Å²) >= 11 is 0. The van der Waals surface area contributed by atoms with Crippen molar-refractivity contribution in [2.45, 2.75) is 6.61 Å². The van der Waals surface area contributed by atoms with Crippen molar-refractivity contribution in [1.29, 1.82) is 0 Å². The van der Waals surface area contributed by atoms with Crippen LogP contribution < -0.4 is 4.74 Å². The lowest BCUT2D eigenvalue weighted by atomic mass is 10.2. The van der Waals surface area contributed by atoms with Crippen molar-refractivity contribution in [2.24, 2.45) is 0 Å². The van der Waals surface area contributed by atoms with E-state index in [9.17, 15) is 4.79 Å². The van der Waals surface area contributed by atoms with Crippen LogP contribution in [-0.2, 0) is 6.61 Å². The average Bonchev–Trinajstić information content (AvgIpc) is 3.09. The molecule has 2 aromatic carbocycles. The SMILES string of the molecule is CN(C)C(=O)c1ccc(OCc2coc(-c3ccccc3)n2)cc1. The van der Waals surface area contributed by atoms with E-state index in [-0.39, 0.29) is 5.91 Å². The summed E-state index contributed by atoms with van der Waals surface area (Å²) in [5.74, 6) is 1.21. The molecule has 0 aliphatic carbocycles. The number of amides is 1. The lowest BCUT2D eigenvalue weighted by Gasteiger charge is -2.10. The number of nitrogens with zero attached hydrogens (tertiary/aromatic N) is 2. The summed E-state index contributed by atoms with van der Waals surface area (Å²) in [5.41, 5.74) is 2.26. The molecule has 0 spiro atoms. The van der Waals surface area contributed by atoms with Crippen LogP contribution in [-0.4, -0.2) is 29.9 Å². The molecule has 0 N–H and O–H groups in total. The largest absolute Gasteiger partial charge is 0.487 e. The maximum Gasteiger partial charge on any atom is 0.253 e. The highest BCUT2D eigenvalue weighted by molar-refractivity contribution is 5.93. The Morgan fingerprint density at radius 2 is 1.79 bits per heavy atom. The predicted molar refractivity (Wildman–Crippen MR) is 90.7 cm³/mol. The van der Waals surface area contributed by atoms with Crippen LogP contribution >= 0.6 is 0 Å². The normalized spacial score (nSPS) is 10.4. The molecular formula is C19H18N2O3. The average molecular weight is 322 g/mol. The Kier molecular flexibility index (Phi) is 4.61. The van der Waals surface area contributed by atoms with Gasteiger partial charge in [0, 0.05) is 25.2 Å². The second-order valence-electron chi connectivity index (χ2n) is 5.52. The van der Waals surface area contributed by atoms with Gasteiger partial charge in [-0.1, -0.05) is 18.2 Å². The van der Waals surface area contributed by atoms with Crippen molar-refractivity contribution < 1.29 is 13.9 Å². The topological polar surface area (TPSA) is 55.6 Å². The van der Waals surface area contributed by atoms with Crippen molar-refractivity contribution in [2.75, 3.05) is 14.1 Å². The highest BCUT2D eigenvalue weighted by Crippen LogP contribution is 2.19. The van der Waals surface area contributed by atoms with Crippen LogP contribution in [0, 0.1) is 0 Å². The number of carbonyl (C=O) groups is 1. The summed E-state index contributed by atoms with van der Waals surface area (Å²) in [7, 11) is 3.45. The molecule has 0 atom stereocenters. The van der Waals surface area contributed by atoms with E-state index >= 15 is 0 Å². The summed E-state index contributed by atoms with van der Waals surface area (Å²) in [6.45, 7) is 0.303. The van der Waals surface area contributed by atoms with Gasteiger partial charge in [0.15, 0.2) is 0 Å². The first kappa shape index (κ1) is 15.8. The van der Waals surface area contributed by atoms with Gasteiger partial charge >= 0.3 is 0 Å². The Morgan fingerprint density at radius 1 is 1.08 bits per heavy atom. The lowest BCUT2D eigenvalue weighted by molar-refractivity contribution is 0.0827. The highest BCUT2D eigenvalue weighted by Gasteiger charge is 2.09. The molecule has 0 radical (unpaired) electrons. The Balaban J connectivity index is 1.62. The van der Waals surface area contributed by atoms with E-state index in [2.05, 4.69) is 4.98 Å². The molecule has 0 saturated heterocycles. The Morgan fingerprint density at radius 3 is 2.46 bits per heavy atom. The van der Waals surface area contributed by atoms with Gasteiger partial charge in [-0.3, -0.25) is 4.79 Å². The van der Waals surface area contributed by atoms with Gasteiger partial charge in [-0.05, 0) is 36.4 Å².